The third kappa shape index (κ3) is 3.63. The number of likely N-dealkylation sites (N-methyl/N-ethyl adjacent to an activating group) is 1. The summed E-state index contributed by atoms with van der Waals surface area (Å²) in [6.45, 7) is 9.20. The van der Waals surface area contributed by atoms with Gasteiger partial charge in [-0.25, -0.2) is 0 Å². The van der Waals surface area contributed by atoms with Crippen molar-refractivity contribution < 1.29 is 0 Å². The molecule has 0 saturated heterocycles. The van der Waals surface area contributed by atoms with Gasteiger partial charge in [0.2, 0.25) is 0 Å². The van der Waals surface area contributed by atoms with Gasteiger partial charge in [0, 0.05) is 24.9 Å². The molecule has 108 valence electrons. The Balaban J connectivity index is 2.14. The topological polar surface area (TPSA) is 55.6 Å². The molecule has 20 heavy (non-hydrogen) atoms. The highest BCUT2D eigenvalue weighted by molar-refractivity contribution is 5.11. The van der Waals surface area contributed by atoms with Crippen molar-refractivity contribution in [3.8, 4) is 0 Å². The smallest absolute Gasteiger partial charge is 0.0760 e. The second-order valence-corrected chi connectivity index (χ2v) is 5.28. The predicted octanol–water partition coefficient (Wildman–Crippen LogP) is 2.46. The minimum absolute atomic E-state index is 0.156. The zero-order valence-electron chi connectivity index (χ0n) is 12.7. The van der Waals surface area contributed by atoms with Gasteiger partial charge in [-0.1, -0.05) is 6.92 Å². The van der Waals surface area contributed by atoms with Crippen molar-refractivity contribution in [1.29, 1.82) is 0 Å². The zero-order valence-corrected chi connectivity index (χ0v) is 12.7. The highest BCUT2D eigenvalue weighted by Crippen LogP contribution is 2.16. The molecule has 0 radical (unpaired) electrons. The van der Waals surface area contributed by atoms with E-state index in [0.29, 0.717) is 6.04 Å². The summed E-state index contributed by atoms with van der Waals surface area (Å²) in [7, 11) is 0. The lowest BCUT2D eigenvalue weighted by molar-refractivity contribution is 0.500. The van der Waals surface area contributed by atoms with E-state index in [-0.39, 0.29) is 6.04 Å². The van der Waals surface area contributed by atoms with Crippen molar-refractivity contribution >= 4 is 0 Å². The fourth-order valence-electron chi connectivity index (χ4n) is 2.09. The summed E-state index contributed by atoms with van der Waals surface area (Å²) in [5.74, 6) is 0. The first-order chi connectivity index (χ1) is 9.60. The maximum atomic E-state index is 4.60. The van der Waals surface area contributed by atoms with E-state index in [2.05, 4.69) is 47.2 Å². The summed E-state index contributed by atoms with van der Waals surface area (Å²) < 4.78 is 1.99. The van der Waals surface area contributed by atoms with E-state index < -0.39 is 0 Å². The molecular weight excluding hydrogens is 250 g/mol. The molecule has 0 bridgehead atoms. The molecule has 5 heteroatoms. The van der Waals surface area contributed by atoms with Gasteiger partial charge in [0.15, 0.2) is 0 Å². The second-order valence-electron chi connectivity index (χ2n) is 5.28. The third-order valence-corrected chi connectivity index (χ3v) is 3.21. The van der Waals surface area contributed by atoms with E-state index in [4.69, 9.17) is 0 Å². The van der Waals surface area contributed by atoms with E-state index in [1.165, 1.54) is 0 Å². The molecule has 2 aromatic heterocycles. The maximum absolute atomic E-state index is 4.60. The van der Waals surface area contributed by atoms with Crippen LogP contribution in [0.25, 0.3) is 0 Å². The predicted molar refractivity (Wildman–Crippen MR) is 79.5 cm³/mol. The Kier molecular flexibility index (Phi) is 4.84. The Morgan fingerprint density at radius 2 is 2.05 bits per heavy atom. The Hall–Kier alpha value is -1.75. The standard InChI is InChI=1S/C15H23N5/c1-5-16-14(15-10-17-12(4)9-18-15)8-13-6-7-20(19-13)11(2)3/h6-7,9-11,14,16H,5,8H2,1-4H3. The summed E-state index contributed by atoms with van der Waals surface area (Å²) in [6.07, 6.45) is 6.52. The zero-order chi connectivity index (χ0) is 14.5. The van der Waals surface area contributed by atoms with Crippen molar-refractivity contribution in [3.05, 3.63) is 41.7 Å². The van der Waals surface area contributed by atoms with Gasteiger partial charge in [-0.15, -0.1) is 0 Å². The summed E-state index contributed by atoms with van der Waals surface area (Å²) in [6, 6.07) is 2.62. The van der Waals surface area contributed by atoms with Crippen molar-refractivity contribution in [1.82, 2.24) is 25.1 Å². The average Bonchev–Trinajstić information content (AvgIpc) is 2.88. The lowest BCUT2D eigenvalue weighted by atomic mass is 10.1. The minimum atomic E-state index is 0.156. The van der Waals surface area contributed by atoms with Crippen LogP contribution < -0.4 is 5.32 Å². The summed E-state index contributed by atoms with van der Waals surface area (Å²) in [5.41, 5.74) is 2.98. The van der Waals surface area contributed by atoms with Crippen LogP contribution in [0.1, 0.15) is 49.9 Å². The molecule has 0 saturated carbocycles. The molecule has 0 amide bonds. The van der Waals surface area contributed by atoms with Gasteiger partial charge >= 0.3 is 0 Å². The number of aryl methyl sites for hydroxylation is 1. The molecule has 2 rings (SSSR count). The van der Waals surface area contributed by atoms with Crippen LogP contribution in [0.2, 0.25) is 0 Å². The first-order valence-corrected chi connectivity index (χ1v) is 7.16. The normalized spacial score (nSPS) is 12.8. The molecule has 0 aromatic carbocycles. The van der Waals surface area contributed by atoms with Crippen molar-refractivity contribution in [2.24, 2.45) is 0 Å². The molecule has 2 aromatic rings. The van der Waals surface area contributed by atoms with E-state index in [1.807, 2.05) is 30.2 Å². The van der Waals surface area contributed by atoms with Crippen LogP contribution in [0.4, 0.5) is 0 Å². The molecule has 5 nitrogen and oxygen atoms in total. The van der Waals surface area contributed by atoms with Crippen LogP contribution in [-0.4, -0.2) is 26.3 Å². The Bertz CT molecular complexity index is 529. The number of aromatic nitrogens is 4. The van der Waals surface area contributed by atoms with Crippen molar-refractivity contribution in [2.75, 3.05) is 6.54 Å². The Labute approximate surface area is 120 Å². The monoisotopic (exact) mass is 273 g/mol. The highest BCUT2D eigenvalue weighted by Gasteiger charge is 2.15. The number of hydrogen-bond donors (Lipinski definition) is 1. The number of hydrogen-bond acceptors (Lipinski definition) is 4. The highest BCUT2D eigenvalue weighted by atomic mass is 15.3. The minimum Gasteiger partial charge on any atom is -0.309 e. The second kappa shape index (κ2) is 6.61. The van der Waals surface area contributed by atoms with E-state index in [0.717, 1.165) is 30.0 Å². The molecular formula is C15H23N5. The summed E-state index contributed by atoms with van der Waals surface area (Å²) in [4.78, 5) is 8.80. The molecule has 2 heterocycles. The van der Waals surface area contributed by atoms with Crippen LogP contribution >= 0.6 is 0 Å². The van der Waals surface area contributed by atoms with Gasteiger partial charge in [0.25, 0.3) is 0 Å². The van der Waals surface area contributed by atoms with Crippen LogP contribution in [0.5, 0.6) is 0 Å². The molecule has 1 N–H and O–H groups in total. The van der Waals surface area contributed by atoms with Crippen molar-refractivity contribution in [2.45, 2.75) is 46.2 Å². The van der Waals surface area contributed by atoms with Gasteiger partial charge < -0.3 is 5.32 Å². The van der Waals surface area contributed by atoms with Gasteiger partial charge in [-0.05, 0) is 33.4 Å². The van der Waals surface area contributed by atoms with Gasteiger partial charge in [-0.3, -0.25) is 14.6 Å². The van der Waals surface area contributed by atoms with E-state index >= 15 is 0 Å². The maximum Gasteiger partial charge on any atom is 0.0760 e. The van der Waals surface area contributed by atoms with Crippen LogP contribution in [0, 0.1) is 6.92 Å². The van der Waals surface area contributed by atoms with E-state index in [9.17, 15) is 0 Å². The quantitative estimate of drug-likeness (QED) is 0.878. The molecule has 1 unspecified atom stereocenters. The lowest BCUT2D eigenvalue weighted by Gasteiger charge is -2.16. The van der Waals surface area contributed by atoms with Gasteiger partial charge in [-0.2, -0.15) is 5.10 Å². The molecule has 0 spiro atoms. The van der Waals surface area contributed by atoms with E-state index in [1.54, 1.807) is 0 Å². The van der Waals surface area contributed by atoms with Gasteiger partial charge in [0.05, 0.1) is 29.3 Å². The first-order valence-electron chi connectivity index (χ1n) is 7.16. The number of nitrogens with zero attached hydrogens (tertiary/aromatic N) is 4. The lowest BCUT2D eigenvalue weighted by Crippen LogP contribution is -2.24. The third-order valence-electron chi connectivity index (χ3n) is 3.21. The fourth-order valence-corrected chi connectivity index (χ4v) is 2.09. The Morgan fingerprint density at radius 1 is 1.25 bits per heavy atom. The molecule has 1 atom stereocenters. The first kappa shape index (κ1) is 14.7. The average molecular weight is 273 g/mol. The largest absolute Gasteiger partial charge is 0.309 e. The summed E-state index contributed by atoms with van der Waals surface area (Å²) in [5, 5.41) is 8.06. The SMILES string of the molecule is CCNC(Cc1ccn(C(C)C)n1)c1cnc(C)cn1. The van der Waals surface area contributed by atoms with Crippen LogP contribution in [-0.2, 0) is 6.42 Å². The molecule has 0 aliphatic heterocycles. The Morgan fingerprint density at radius 3 is 2.60 bits per heavy atom. The van der Waals surface area contributed by atoms with Crippen molar-refractivity contribution in [3.63, 3.8) is 0 Å². The van der Waals surface area contributed by atoms with Crippen LogP contribution in [0.3, 0.4) is 0 Å². The number of rotatable bonds is 6. The van der Waals surface area contributed by atoms with Crippen LogP contribution in [0.15, 0.2) is 24.7 Å². The van der Waals surface area contributed by atoms with Gasteiger partial charge in [0.1, 0.15) is 0 Å². The molecule has 0 aliphatic carbocycles. The fraction of sp³-hybridized carbons (Fsp3) is 0.533. The summed E-state index contributed by atoms with van der Waals surface area (Å²) >= 11 is 0. The molecule has 0 fully saturated rings. The molecule has 0 aliphatic rings. The number of nitrogens with one attached hydrogen (secondary N) is 1.